The molecule has 0 aliphatic heterocycles. The number of hydrogen-bond acceptors (Lipinski definition) is 4. The Bertz CT molecular complexity index is 418. The fourth-order valence-electron chi connectivity index (χ4n) is 1.14. The average molecular weight is 229 g/mol. The van der Waals surface area contributed by atoms with E-state index in [0.29, 0.717) is 0 Å². The van der Waals surface area contributed by atoms with Gasteiger partial charge in [0.1, 0.15) is 5.69 Å². The van der Waals surface area contributed by atoms with Gasteiger partial charge in [-0.25, -0.2) is 0 Å². The summed E-state index contributed by atoms with van der Waals surface area (Å²) < 4.78 is 0. The van der Waals surface area contributed by atoms with Crippen LogP contribution in [0.15, 0.2) is 18.2 Å². The molecule has 80 valence electrons. The van der Waals surface area contributed by atoms with Gasteiger partial charge in [0.2, 0.25) is 0 Å². The number of halogens is 1. The molecule has 2 N–H and O–H groups in total. The minimum Gasteiger partial charge on any atom is -0.393 e. The van der Waals surface area contributed by atoms with Gasteiger partial charge < -0.3 is 5.73 Å². The van der Waals surface area contributed by atoms with Crippen LogP contribution in [0, 0.1) is 10.1 Å². The summed E-state index contributed by atoms with van der Waals surface area (Å²) in [6, 6.07) is 4.07. The molecule has 0 amide bonds. The second-order valence-corrected chi connectivity index (χ2v) is 3.63. The van der Waals surface area contributed by atoms with Crippen LogP contribution < -0.4 is 5.73 Å². The largest absolute Gasteiger partial charge is 0.393 e. The fourth-order valence-corrected chi connectivity index (χ4v) is 1.26. The molecule has 0 aliphatic rings. The van der Waals surface area contributed by atoms with Crippen molar-refractivity contribution in [1.82, 2.24) is 0 Å². The van der Waals surface area contributed by atoms with Gasteiger partial charge in [-0.2, -0.15) is 0 Å². The predicted molar refractivity (Wildman–Crippen MR) is 57.2 cm³/mol. The summed E-state index contributed by atoms with van der Waals surface area (Å²) in [6.07, 6.45) is 0. The third kappa shape index (κ3) is 2.24. The van der Waals surface area contributed by atoms with Gasteiger partial charge in [-0.05, 0) is 13.0 Å². The zero-order valence-corrected chi connectivity index (χ0v) is 8.69. The Morgan fingerprint density at radius 3 is 2.67 bits per heavy atom. The Morgan fingerprint density at radius 2 is 2.20 bits per heavy atom. The van der Waals surface area contributed by atoms with Crippen LogP contribution >= 0.6 is 11.6 Å². The van der Waals surface area contributed by atoms with Gasteiger partial charge in [-0.15, -0.1) is 11.6 Å². The van der Waals surface area contributed by atoms with E-state index in [0.717, 1.165) is 0 Å². The van der Waals surface area contributed by atoms with Gasteiger partial charge in [0.25, 0.3) is 5.69 Å². The number of nitrogen functional groups attached to an aromatic ring is 1. The number of ketones is 1. The zero-order chi connectivity index (χ0) is 11.6. The number of hydrogen-bond donors (Lipinski definition) is 1. The standard InChI is InChI=1S/C9H9ClN2O3/c1-5(10)9(13)6-3-2-4-7(8(6)11)12(14)15/h2-5H,11H2,1H3. The van der Waals surface area contributed by atoms with Gasteiger partial charge in [0, 0.05) is 11.6 Å². The van der Waals surface area contributed by atoms with Gasteiger partial charge in [-0.1, -0.05) is 6.07 Å². The first kappa shape index (κ1) is 11.5. The first-order valence-electron chi connectivity index (χ1n) is 4.16. The van der Waals surface area contributed by atoms with Gasteiger partial charge in [0.15, 0.2) is 5.78 Å². The number of nitro groups is 1. The highest BCUT2D eigenvalue weighted by molar-refractivity contribution is 6.34. The molecule has 1 unspecified atom stereocenters. The van der Waals surface area contributed by atoms with Crippen molar-refractivity contribution < 1.29 is 9.72 Å². The summed E-state index contributed by atoms with van der Waals surface area (Å²) in [5.41, 5.74) is 5.17. The minimum absolute atomic E-state index is 0.0895. The lowest BCUT2D eigenvalue weighted by Gasteiger charge is -2.05. The fraction of sp³-hybridized carbons (Fsp3) is 0.222. The van der Waals surface area contributed by atoms with Crippen LogP contribution in [0.4, 0.5) is 11.4 Å². The van der Waals surface area contributed by atoms with E-state index in [2.05, 4.69) is 0 Å². The molecule has 0 spiro atoms. The molecule has 0 fully saturated rings. The van der Waals surface area contributed by atoms with Crippen molar-refractivity contribution in [3.8, 4) is 0 Å². The monoisotopic (exact) mass is 228 g/mol. The number of carbonyl (C=O) groups excluding carboxylic acids is 1. The van der Waals surface area contributed by atoms with Crippen molar-refractivity contribution in [2.45, 2.75) is 12.3 Å². The van der Waals surface area contributed by atoms with E-state index in [9.17, 15) is 14.9 Å². The van der Waals surface area contributed by atoms with Crippen molar-refractivity contribution >= 4 is 28.8 Å². The molecule has 15 heavy (non-hydrogen) atoms. The number of anilines is 1. The maximum Gasteiger partial charge on any atom is 0.292 e. The number of carbonyl (C=O) groups is 1. The van der Waals surface area contributed by atoms with Crippen molar-refractivity contribution in [3.05, 3.63) is 33.9 Å². The Balaban J connectivity index is 3.27. The number of nitrogens with two attached hydrogens (primary N) is 1. The molecule has 0 bridgehead atoms. The molecule has 0 aromatic heterocycles. The van der Waals surface area contributed by atoms with Crippen LogP contribution in [0.2, 0.25) is 0 Å². The van der Waals surface area contributed by atoms with Crippen molar-refractivity contribution in [1.29, 1.82) is 0 Å². The van der Waals surface area contributed by atoms with Gasteiger partial charge in [-0.3, -0.25) is 14.9 Å². The van der Waals surface area contributed by atoms with Crippen molar-refractivity contribution in [2.75, 3.05) is 5.73 Å². The molecule has 0 heterocycles. The van der Waals surface area contributed by atoms with Crippen LogP contribution in [0.1, 0.15) is 17.3 Å². The SMILES string of the molecule is CC(Cl)C(=O)c1cccc([N+](=O)[O-])c1N. The Morgan fingerprint density at radius 1 is 1.60 bits per heavy atom. The van der Waals surface area contributed by atoms with E-state index >= 15 is 0 Å². The maximum atomic E-state index is 11.5. The highest BCUT2D eigenvalue weighted by Crippen LogP contribution is 2.26. The van der Waals surface area contributed by atoms with Crippen LogP contribution in [0.3, 0.4) is 0 Å². The highest BCUT2D eigenvalue weighted by atomic mass is 35.5. The van der Waals surface area contributed by atoms with E-state index in [1.807, 2.05) is 0 Å². The molecule has 0 radical (unpaired) electrons. The van der Waals surface area contributed by atoms with Gasteiger partial charge in [0.05, 0.1) is 10.3 Å². The van der Waals surface area contributed by atoms with E-state index in [-0.39, 0.29) is 16.9 Å². The molecule has 0 saturated heterocycles. The van der Waals surface area contributed by atoms with Gasteiger partial charge >= 0.3 is 0 Å². The molecule has 1 rings (SSSR count). The van der Waals surface area contributed by atoms with Crippen LogP contribution in [-0.4, -0.2) is 16.1 Å². The quantitative estimate of drug-likeness (QED) is 0.282. The third-order valence-electron chi connectivity index (χ3n) is 1.91. The predicted octanol–water partition coefficient (Wildman–Crippen LogP) is 1.99. The van der Waals surface area contributed by atoms with E-state index in [1.54, 1.807) is 0 Å². The lowest BCUT2D eigenvalue weighted by Crippen LogP contribution is -2.13. The molecule has 5 nitrogen and oxygen atoms in total. The maximum absolute atomic E-state index is 11.5. The minimum atomic E-state index is -0.755. The Kier molecular flexibility index (Phi) is 3.26. The van der Waals surface area contributed by atoms with E-state index in [4.69, 9.17) is 17.3 Å². The molecule has 1 aromatic rings. The van der Waals surface area contributed by atoms with E-state index < -0.39 is 16.1 Å². The molecule has 1 atom stereocenters. The Labute approximate surface area is 91.0 Å². The van der Waals surface area contributed by atoms with Crippen LogP contribution in [0.5, 0.6) is 0 Å². The number of para-hydroxylation sites is 1. The molecule has 0 saturated carbocycles. The first-order valence-corrected chi connectivity index (χ1v) is 4.60. The summed E-state index contributed by atoms with van der Waals surface area (Å²) in [5.74, 6) is -0.419. The highest BCUT2D eigenvalue weighted by Gasteiger charge is 2.21. The number of benzene rings is 1. The normalized spacial score (nSPS) is 12.1. The number of alkyl halides is 1. The first-order chi connectivity index (χ1) is 6.95. The number of nitrogens with zero attached hydrogens (tertiary/aromatic N) is 1. The third-order valence-corrected chi connectivity index (χ3v) is 2.10. The van der Waals surface area contributed by atoms with Crippen molar-refractivity contribution in [3.63, 3.8) is 0 Å². The topological polar surface area (TPSA) is 86.2 Å². The smallest absolute Gasteiger partial charge is 0.292 e. The molecule has 6 heteroatoms. The van der Waals surface area contributed by atoms with Crippen LogP contribution in [0.25, 0.3) is 0 Å². The summed E-state index contributed by atoms with van der Waals surface area (Å²) in [7, 11) is 0. The molecular formula is C9H9ClN2O3. The lowest BCUT2D eigenvalue weighted by molar-refractivity contribution is -0.383. The number of nitro benzene ring substituents is 1. The molecular weight excluding hydrogens is 220 g/mol. The molecule has 0 aliphatic carbocycles. The number of rotatable bonds is 3. The number of Topliss-reactive ketones (excluding diaryl/α,β-unsaturated/α-hetero) is 1. The summed E-state index contributed by atoms with van der Waals surface area (Å²) in [5, 5.41) is 9.79. The lowest BCUT2D eigenvalue weighted by atomic mass is 10.1. The Hall–Kier alpha value is -1.62. The summed E-state index contributed by atoms with van der Waals surface area (Å²) >= 11 is 5.59. The van der Waals surface area contributed by atoms with Crippen molar-refractivity contribution in [2.24, 2.45) is 0 Å². The average Bonchev–Trinajstić information content (AvgIpc) is 2.16. The van der Waals surface area contributed by atoms with E-state index in [1.165, 1.54) is 25.1 Å². The molecule has 1 aromatic carbocycles. The van der Waals surface area contributed by atoms with Crippen LogP contribution in [-0.2, 0) is 0 Å². The second kappa shape index (κ2) is 4.27. The second-order valence-electron chi connectivity index (χ2n) is 2.98. The zero-order valence-electron chi connectivity index (χ0n) is 7.94. The summed E-state index contributed by atoms with van der Waals surface area (Å²) in [4.78, 5) is 21.4. The summed E-state index contributed by atoms with van der Waals surface area (Å²) in [6.45, 7) is 1.49.